The lowest BCUT2D eigenvalue weighted by molar-refractivity contribution is 0.504. The van der Waals surface area contributed by atoms with Crippen molar-refractivity contribution in [1.29, 1.82) is 5.26 Å². The largest absolute Gasteiger partial charge is 0.240 e. The summed E-state index contributed by atoms with van der Waals surface area (Å²) in [5.74, 6) is 0. The lowest BCUT2D eigenvalue weighted by atomic mass is 10.1. The minimum atomic E-state index is -3.54. The number of rotatable bonds is 9. The molecule has 0 aliphatic carbocycles. The van der Waals surface area contributed by atoms with Crippen molar-refractivity contribution >= 4 is 10.0 Å². The molecule has 0 aliphatic rings. The highest BCUT2D eigenvalue weighted by Gasteiger charge is 2.19. The molecule has 1 N–H and O–H groups in total. The molecule has 0 amide bonds. The van der Waals surface area contributed by atoms with Gasteiger partial charge in [0, 0.05) is 6.04 Å². The first kappa shape index (κ1) is 17.7. The molecular formula is C16H24N2O2S. The van der Waals surface area contributed by atoms with Crippen molar-refractivity contribution in [3.8, 4) is 6.07 Å². The number of hydrogen-bond acceptors (Lipinski definition) is 3. The molecule has 116 valence electrons. The first-order chi connectivity index (χ1) is 9.99. The summed E-state index contributed by atoms with van der Waals surface area (Å²) in [5, 5.41) is 8.86. The monoisotopic (exact) mass is 308 g/mol. The van der Waals surface area contributed by atoms with Gasteiger partial charge in [-0.1, -0.05) is 50.3 Å². The molecular weight excluding hydrogens is 284 g/mol. The summed E-state index contributed by atoms with van der Waals surface area (Å²) in [7, 11) is -3.54. The number of sulfonamides is 1. The third-order valence-electron chi connectivity index (χ3n) is 3.40. The van der Waals surface area contributed by atoms with Gasteiger partial charge in [0.15, 0.2) is 0 Å². The number of benzene rings is 1. The molecule has 0 fully saturated rings. The van der Waals surface area contributed by atoms with Crippen LogP contribution in [-0.2, 0) is 10.0 Å². The molecule has 5 heteroatoms. The van der Waals surface area contributed by atoms with Crippen LogP contribution in [0.5, 0.6) is 0 Å². The Morgan fingerprint density at radius 1 is 1.19 bits per heavy atom. The Bertz CT molecular complexity index is 559. The molecule has 0 radical (unpaired) electrons. The van der Waals surface area contributed by atoms with Gasteiger partial charge in [-0.2, -0.15) is 5.26 Å². The normalized spacial score (nSPS) is 12.8. The number of nitrogens with one attached hydrogen (secondary N) is 1. The van der Waals surface area contributed by atoms with E-state index in [0.29, 0.717) is 6.42 Å². The quantitative estimate of drug-likeness (QED) is 0.709. The van der Waals surface area contributed by atoms with Crippen LogP contribution < -0.4 is 4.72 Å². The third-order valence-corrected chi connectivity index (χ3v) is 4.93. The standard InChI is InChI=1S/C16H24N2O2S/c1-3-4-5-6-7-15(12-13-17)18-21(19,20)16-10-8-14(2)9-11-16/h8-11,15,18H,3-7,12H2,1-2H3. The molecule has 0 bridgehead atoms. The highest BCUT2D eigenvalue weighted by molar-refractivity contribution is 7.89. The first-order valence-corrected chi connectivity index (χ1v) is 8.94. The van der Waals surface area contributed by atoms with E-state index < -0.39 is 10.0 Å². The van der Waals surface area contributed by atoms with Gasteiger partial charge in [0.2, 0.25) is 10.0 Å². The molecule has 0 heterocycles. The highest BCUT2D eigenvalue weighted by Crippen LogP contribution is 2.14. The second-order valence-corrected chi connectivity index (χ2v) is 7.06. The van der Waals surface area contributed by atoms with E-state index in [1.807, 2.05) is 6.92 Å². The van der Waals surface area contributed by atoms with Gasteiger partial charge in [0.05, 0.1) is 17.4 Å². The van der Waals surface area contributed by atoms with Crippen molar-refractivity contribution in [3.05, 3.63) is 29.8 Å². The van der Waals surface area contributed by atoms with E-state index in [9.17, 15) is 8.42 Å². The van der Waals surface area contributed by atoms with Gasteiger partial charge in [-0.15, -0.1) is 0 Å². The summed E-state index contributed by atoms with van der Waals surface area (Å²) < 4.78 is 27.3. The van der Waals surface area contributed by atoms with Gasteiger partial charge in [0.25, 0.3) is 0 Å². The Balaban J connectivity index is 2.68. The Kier molecular flexibility index (Phi) is 7.41. The van der Waals surface area contributed by atoms with Crippen molar-refractivity contribution in [1.82, 2.24) is 4.72 Å². The number of hydrogen-bond donors (Lipinski definition) is 1. The van der Waals surface area contributed by atoms with Crippen molar-refractivity contribution in [3.63, 3.8) is 0 Å². The minimum absolute atomic E-state index is 0.206. The maximum atomic E-state index is 12.3. The van der Waals surface area contributed by atoms with Crippen molar-refractivity contribution in [2.45, 2.75) is 63.3 Å². The van der Waals surface area contributed by atoms with Crippen LogP contribution in [0.25, 0.3) is 0 Å². The molecule has 0 aromatic heterocycles. The summed E-state index contributed by atoms with van der Waals surface area (Å²) in [6.45, 7) is 4.04. The Labute approximate surface area is 128 Å². The Morgan fingerprint density at radius 3 is 2.43 bits per heavy atom. The third kappa shape index (κ3) is 6.28. The van der Waals surface area contributed by atoms with E-state index >= 15 is 0 Å². The fraction of sp³-hybridized carbons (Fsp3) is 0.562. The van der Waals surface area contributed by atoms with Crippen LogP contribution in [0, 0.1) is 18.3 Å². The predicted molar refractivity (Wildman–Crippen MR) is 84.3 cm³/mol. The highest BCUT2D eigenvalue weighted by atomic mass is 32.2. The number of nitrogens with zero attached hydrogens (tertiary/aromatic N) is 1. The maximum Gasteiger partial charge on any atom is 0.240 e. The summed E-state index contributed by atoms with van der Waals surface area (Å²) in [4.78, 5) is 0.254. The van der Waals surface area contributed by atoms with Crippen molar-refractivity contribution in [2.24, 2.45) is 0 Å². The van der Waals surface area contributed by atoms with Crippen molar-refractivity contribution in [2.75, 3.05) is 0 Å². The molecule has 21 heavy (non-hydrogen) atoms. The molecule has 0 saturated heterocycles. The lowest BCUT2D eigenvalue weighted by Gasteiger charge is -2.16. The minimum Gasteiger partial charge on any atom is -0.207 e. The fourth-order valence-corrected chi connectivity index (χ4v) is 3.41. The Morgan fingerprint density at radius 2 is 1.86 bits per heavy atom. The van der Waals surface area contributed by atoms with E-state index in [1.54, 1.807) is 24.3 Å². The van der Waals surface area contributed by atoms with Crippen LogP contribution in [0.15, 0.2) is 29.2 Å². The number of nitriles is 1. The van der Waals surface area contributed by atoms with E-state index in [1.165, 1.54) is 0 Å². The molecule has 1 aromatic rings. The second kappa shape index (κ2) is 8.81. The topological polar surface area (TPSA) is 70.0 Å². The zero-order valence-electron chi connectivity index (χ0n) is 12.8. The van der Waals surface area contributed by atoms with Crippen molar-refractivity contribution < 1.29 is 8.42 Å². The van der Waals surface area contributed by atoms with Crippen LogP contribution >= 0.6 is 0 Å². The molecule has 0 aliphatic heterocycles. The van der Waals surface area contributed by atoms with Gasteiger partial charge in [0.1, 0.15) is 0 Å². The SMILES string of the molecule is CCCCCCC(CC#N)NS(=O)(=O)c1ccc(C)cc1. The van der Waals surface area contributed by atoms with Crippen LogP contribution in [0.2, 0.25) is 0 Å². The molecule has 1 rings (SSSR count). The van der Waals surface area contributed by atoms with Gasteiger partial charge in [-0.3, -0.25) is 0 Å². The van der Waals surface area contributed by atoms with E-state index in [-0.39, 0.29) is 17.4 Å². The maximum absolute atomic E-state index is 12.3. The van der Waals surface area contributed by atoms with E-state index in [0.717, 1.165) is 31.2 Å². The fourth-order valence-electron chi connectivity index (χ4n) is 2.14. The van der Waals surface area contributed by atoms with Crippen LogP contribution in [0.4, 0.5) is 0 Å². The van der Waals surface area contributed by atoms with Crippen LogP contribution in [0.1, 0.15) is 51.0 Å². The summed E-state index contributed by atoms with van der Waals surface area (Å²) in [5.41, 5.74) is 1.02. The van der Waals surface area contributed by atoms with Crippen LogP contribution in [0.3, 0.4) is 0 Å². The average Bonchev–Trinajstić information content (AvgIpc) is 2.44. The zero-order valence-corrected chi connectivity index (χ0v) is 13.6. The molecule has 0 saturated carbocycles. The van der Waals surface area contributed by atoms with Crippen LogP contribution in [-0.4, -0.2) is 14.5 Å². The number of aryl methyl sites for hydroxylation is 1. The van der Waals surface area contributed by atoms with E-state index in [4.69, 9.17) is 5.26 Å². The second-order valence-electron chi connectivity index (χ2n) is 5.34. The van der Waals surface area contributed by atoms with E-state index in [2.05, 4.69) is 17.7 Å². The summed E-state index contributed by atoms with van der Waals surface area (Å²) in [6, 6.07) is 8.49. The first-order valence-electron chi connectivity index (χ1n) is 7.45. The smallest absolute Gasteiger partial charge is 0.207 e. The van der Waals surface area contributed by atoms with Gasteiger partial charge < -0.3 is 0 Å². The summed E-state index contributed by atoms with van der Waals surface area (Å²) >= 11 is 0. The molecule has 1 unspecified atom stereocenters. The number of unbranched alkanes of at least 4 members (excludes halogenated alkanes) is 3. The molecule has 4 nitrogen and oxygen atoms in total. The average molecular weight is 308 g/mol. The molecule has 1 aromatic carbocycles. The molecule has 1 atom stereocenters. The summed E-state index contributed by atoms with van der Waals surface area (Å²) in [6.07, 6.45) is 5.21. The predicted octanol–water partition coefficient (Wildman–Crippen LogP) is 3.53. The van der Waals surface area contributed by atoms with Gasteiger partial charge >= 0.3 is 0 Å². The Hall–Kier alpha value is -1.38. The van der Waals surface area contributed by atoms with Gasteiger partial charge in [-0.05, 0) is 25.5 Å². The lowest BCUT2D eigenvalue weighted by Crippen LogP contribution is -2.34. The van der Waals surface area contributed by atoms with Gasteiger partial charge in [-0.25, -0.2) is 13.1 Å². The molecule has 0 spiro atoms. The zero-order chi connectivity index (χ0) is 15.7.